The van der Waals surface area contributed by atoms with Crippen molar-refractivity contribution >= 4 is 46.1 Å². The van der Waals surface area contributed by atoms with Crippen LogP contribution in [0.5, 0.6) is 0 Å². The number of thiocarbonyl (C=S) groups is 2. The van der Waals surface area contributed by atoms with E-state index >= 15 is 0 Å². The van der Waals surface area contributed by atoms with Gasteiger partial charge in [-0.2, -0.15) is 10.2 Å². The normalized spacial score (nSPS) is 11.5. The molecule has 0 fully saturated rings. The zero-order chi connectivity index (χ0) is 21.6. The lowest BCUT2D eigenvalue weighted by atomic mass is 10.1. The Morgan fingerprint density at radius 2 is 1.37 bits per heavy atom. The minimum Gasteiger partial charge on any atom is -0.361 e. The van der Waals surface area contributed by atoms with E-state index in [9.17, 15) is 0 Å². The predicted molar refractivity (Wildman–Crippen MR) is 132 cm³/mol. The van der Waals surface area contributed by atoms with E-state index in [-0.39, 0.29) is 0 Å². The molecule has 0 spiro atoms. The quantitative estimate of drug-likeness (QED) is 0.206. The number of nitrogens with zero attached hydrogens (tertiary/aromatic N) is 3. The molecule has 0 bridgehead atoms. The van der Waals surface area contributed by atoms with Crippen molar-refractivity contribution in [2.75, 3.05) is 13.1 Å². The third kappa shape index (κ3) is 9.06. The van der Waals surface area contributed by atoms with Crippen molar-refractivity contribution in [3.63, 3.8) is 0 Å². The second-order valence-corrected chi connectivity index (χ2v) is 7.23. The zero-order valence-corrected chi connectivity index (χ0v) is 18.8. The third-order valence-corrected chi connectivity index (χ3v) is 4.52. The molecule has 0 radical (unpaired) electrons. The lowest BCUT2D eigenvalue weighted by Gasteiger charge is -2.09. The first-order valence-electron chi connectivity index (χ1n) is 9.69. The van der Waals surface area contributed by atoms with E-state index in [1.54, 1.807) is 6.20 Å². The molecule has 0 aliphatic carbocycles. The molecule has 30 heavy (non-hydrogen) atoms. The van der Waals surface area contributed by atoms with Crippen molar-refractivity contribution in [3.8, 4) is 0 Å². The number of nitrogens with one attached hydrogen (secondary N) is 4. The van der Waals surface area contributed by atoms with Gasteiger partial charge in [0.05, 0.1) is 17.1 Å². The molecule has 0 aliphatic heterocycles. The highest BCUT2D eigenvalue weighted by atomic mass is 32.1. The number of hydrogen-bond acceptors (Lipinski definition) is 5. The Bertz CT molecular complexity index is 794. The maximum absolute atomic E-state index is 5.25. The topological polar surface area (TPSA) is 85.7 Å². The molecule has 1 aromatic carbocycles. The van der Waals surface area contributed by atoms with Crippen LogP contribution in [0.4, 0.5) is 0 Å². The van der Waals surface area contributed by atoms with Gasteiger partial charge in [0.1, 0.15) is 0 Å². The fraction of sp³-hybridized carbons (Fsp3) is 0.286. The third-order valence-electron chi connectivity index (χ3n) is 4.05. The van der Waals surface area contributed by atoms with Gasteiger partial charge in [0.25, 0.3) is 0 Å². The van der Waals surface area contributed by atoms with Crippen molar-refractivity contribution in [3.05, 3.63) is 66.0 Å². The van der Waals surface area contributed by atoms with E-state index in [0.29, 0.717) is 10.2 Å². The van der Waals surface area contributed by atoms with Crippen molar-refractivity contribution in [1.29, 1.82) is 0 Å². The molecule has 0 saturated heterocycles. The van der Waals surface area contributed by atoms with Crippen molar-refractivity contribution in [2.24, 2.45) is 10.2 Å². The largest absolute Gasteiger partial charge is 0.361 e. The molecule has 0 saturated carbocycles. The highest BCUT2D eigenvalue weighted by molar-refractivity contribution is 7.80. The molecule has 7 nitrogen and oxygen atoms in total. The molecule has 0 atom stereocenters. The SMILES string of the molecule is C/C(=N\NC(=S)NCCCCNC(=S)N/N=C(\C)c1ccccn1)c1ccccc1. The summed E-state index contributed by atoms with van der Waals surface area (Å²) in [5.41, 5.74) is 9.23. The minimum absolute atomic E-state index is 0.487. The highest BCUT2D eigenvalue weighted by Gasteiger charge is 2.00. The number of aromatic nitrogens is 1. The summed E-state index contributed by atoms with van der Waals surface area (Å²) in [6.45, 7) is 5.32. The summed E-state index contributed by atoms with van der Waals surface area (Å²) in [7, 11) is 0. The maximum Gasteiger partial charge on any atom is 0.186 e. The Hall–Kier alpha value is -2.91. The monoisotopic (exact) mass is 441 g/mol. The van der Waals surface area contributed by atoms with Crippen LogP contribution >= 0.6 is 24.4 Å². The molecule has 2 rings (SSSR count). The predicted octanol–water partition coefficient (Wildman–Crippen LogP) is 2.94. The average Bonchev–Trinajstić information content (AvgIpc) is 2.79. The molecule has 0 unspecified atom stereocenters. The molecule has 158 valence electrons. The van der Waals surface area contributed by atoms with Crippen LogP contribution in [0.25, 0.3) is 0 Å². The van der Waals surface area contributed by atoms with E-state index in [1.165, 1.54) is 0 Å². The average molecular weight is 442 g/mol. The fourth-order valence-corrected chi connectivity index (χ4v) is 2.68. The van der Waals surface area contributed by atoms with Gasteiger partial charge in [-0.1, -0.05) is 36.4 Å². The highest BCUT2D eigenvalue weighted by Crippen LogP contribution is 1.99. The Balaban J connectivity index is 1.55. The molecule has 2 aromatic rings. The lowest BCUT2D eigenvalue weighted by Crippen LogP contribution is -2.35. The van der Waals surface area contributed by atoms with Gasteiger partial charge in [-0.25, -0.2) is 0 Å². The van der Waals surface area contributed by atoms with Gasteiger partial charge < -0.3 is 10.6 Å². The Morgan fingerprint density at radius 3 is 1.93 bits per heavy atom. The Kier molecular flexibility index (Phi) is 10.4. The summed E-state index contributed by atoms with van der Waals surface area (Å²) in [6, 6.07) is 15.6. The lowest BCUT2D eigenvalue weighted by molar-refractivity contribution is 0.682. The molecular formula is C21H27N7S2. The fourth-order valence-electron chi connectivity index (χ4n) is 2.38. The van der Waals surface area contributed by atoms with Crippen molar-refractivity contribution in [1.82, 2.24) is 26.5 Å². The van der Waals surface area contributed by atoms with Crippen LogP contribution in [0.1, 0.15) is 37.9 Å². The number of hydrogen-bond donors (Lipinski definition) is 4. The standard InChI is InChI=1S/C21H27N7S2/c1-16(18-10-4-3-5-11-18)25-27-20(29)23-14-8-9-15-24-21(30)28-26-17(2)19-12-6-7-13-22-19/h3-7,10-13H,8-9,14-15H2,1-2H3,(H2,23,27,29)(H2,24,28,30)/b25-16+,26-17+. The zero-order valence-electron chi connectivity index (χ0n) is 17.2. The molecule has 0 aliphatic rings. The van der Waals surface area contributed by atoms with Gasteiger partial charge in [0, 0.05) is 19.3 Å². The number of pyridine rings is 1. The Morgan fingerprint density at radius 1 is 0.800 bits per heavy atom. The molecule has 4 N–H and O–H groups in total. The molecule has 9 heteroatoms. The van der Waals surface area contributed by atoms with Crippen molar-refractivity contribution in [2.45, 2.75) is 26.7 Å². The Labute approximate surface area is 188 Å². The second-order valence-electron chi connectivity index (χ2n) is 6.42. The van der Waals surface area contributed by atoms with Gasteiger partial charge >= 0.3 is 0 Å². The molecule has 1 aromatic heterocycles. The van der Waals surface area contributed by atoms with Gasteiger partial charge in [0.2, 0.25) is 0 Å². The minimum atomic E-state index is 0.487. The van der Waals surface area contributed by atoms with E-state index in [2.05, 4.69) is 36.7 Å². The van der Waals surface area contributed by atoms with Gasteiger partial charge in [0.15, 0.2) is 10.2 Å². The number of unbranched alkanes of at least 4 members (excludes halogenated alkanes) is 1. The van der Waals surface area contributed by atoms with Crippen LogP contribution < -0.4 is 21.5 Å². The number of benzene rings is 1. The van der Waals surface area contributed by atoms with Crippen LogP contribution in [-0.2, 0) is 0 Å². The van der Waals surface area contributed by atoms with Crippen LogP contribution in [0.2, 0.25) is 0 Å². The summed E-state index contributed by atoms with van der Waals surface area (Å²) in [4.78, 5) is 4.24. The summed E-state index contributed by atoms with van der Waals surface area (Å²) in [5.74, 6) is 0. The second kappa shape index (κ2) is 13.3. The first-order valence-corrected chi connectivity index (χ1v) is 10.5. The number of rotatable bonds is 9. The summed E-state index contributed by atoms with van der Waals surface area (Å²) in [5, 5.41) is 15.8. The molecular weight excluding hydrogens is 414 g/mol. The van der Waals surface area contributed by atoms with E-state index in [1.807, 2.05) is 62.4 Å². The summed E-state index contributed by atoms with van der Waals surface area (Å²) in [6.07, 6.45) is 3.61. The maximum atomic E-state index is 5.25. The van der Waals surface area contributed by atoms with Gasteiger partial charge in [-0.05, 0) is 68.8 Å². The van der Waals surface area contributed by atoms with Crippen LogP contribution in [-0.4, -0.2) is 39.7 Å². The summed E-state index contributed by atoms with van der Waals surface area (Å²) < 4.78 is 0. The van der Waals surface area contributed by atoms with Crippen molar-refractivity contribution < 1.29 is 0 Å². The van der Waals surface area contributed by atoms with E-state index < -0.39 is 0 Å². The smallest absolute Gasteiger partial charge is 0.186 e. The van der Waals surface area contributed by atoms with Gasteiger partial charge in [-0.15, -0.1) is 0 Å². The molecule has 1 heterocycles. The van der Waals surface area contributed by atoms with E-state index in [0.717, 1.165) is 48.6 Å². The van der Waals surface area contributed by atoms with Crippen LogP contribution in [0.15, 0.2) is 64.9 Å². The van der Waals surface area contributed by atoms with Crippen LogP contribution in [0.3, 0.4) is 0 Å². The van der Waals surface area contributed by atoms with Crippen LogP contribution in [0, 0.1) is 0 Å². The first-order chi connectivity index (χ1) is 14.6. The summed E-state index contributed by atoms with van der Waals surface area (Å²) >= 11 is 10.5. The molecule has 0 amide bonds. The van der Waals surface area contributed by atoms with Gasteiger partial charge in [-0.3, -0.25) is 15.8 Å². The first kappa shape index (κ1) is 23.4. The van der Waals surface area contributed by atoms with E-state index in [4.69, 9.17) is 24.4 Å². The number of hydrazone groups is 2.